The van der Waals surface area contributed by atoms with Gasteiger partial charge in [0.15, 0.2) is 0 Å². The van der Waals surface area contributed by atoms with Gasteiger partial charge in [-0.15, -0.1) is 0 Å². The third-order valence-electron chi connectivity index (χ3n) is 7.29. The van der Waals surface area contributed by atoms with E-state index in [-0.39, 0.29) is 31.3 Å². The highest BCUT2D eigenvalue weighted by molar-refractivity contribution is 7.92. The van der Waals surface area contributed by atoms with E-state index in [0.29, 0.717) is 25.1 Å². The summed E-state index contributed by atoms with van der Waals surface area (Å²) in [6.45, 7) is 8.82. The van der Waals surface area contributed by atoms with Gasteiger partial charge in [-0.2, -0.15) is 0 Å². The highest BCUT2D eigenvalue weighted by atomic mass is 32.2. The molecule has 0 aliphatic rings. The van der Waals surface area contributed by atoms with Crippen LogP contribution in [0.5, 0.6) is 0 Å². The van der Waals surface area contributed by atoms with Gasteiger partial charge >= 0.3 is 0 Å². The van der Waals surface area contributed by atoms with E-state index in [1.807, 2.05) is 94.4 Å². The lowest BCUT2D eigenvalue weighted by Gasteiger charge is -2.32. The maximum atomic E-state index is 13.9. The van der Waals surface area contributed by atoms with Crippen LogP contribution in [0.3, 0.4) is 0 Å². The molecule has 0 spiro atoms. The molecule has 0 saturated carbocycles. The van der Waals surface area contributed by atoms with Crippen LogP contribution in [0, 0.1) is 20.8 Å². The van der Waals surface area contributed by atoms with Crippen LogP contribution in [0.1, 0.15) is 54.0 Å². The zero-order valence-electron chi connectivity index (χ0n) is 24.9. The highest BCUT2D eigenvalue weighted by Crippen LogP contribution is 2.26. The van der Waals surface area contributed by atoms with Crippen LogP contribution in [0.2, 0.25) is 0 Å². The summed E-state index contributed by atoms with van der Waals surface area (Å²) in [5.41, 5.74) is 5.51. The molecule has 3 rings (SSSR count). The normalized spacial score (nSPS) is 12.0. The van der Waals surface area contributed by atoms with Crippen molar-refractivity contribution in [2.75, 3.05) is 23.7 Å². The van der Waals surface area contributed by atoms with E-state index in [4.69, 9.17) is 0 Å². The van der Waals surface area contributed by atoms with Gasteiger partial charge < -0.3 is 10.2 Å². The lowest BCUT2D eigenvalue weighted by atomic mass is 10.0. The number of carbonyl (C=O) groups excluding carboxylic acids is 2. The summed E-state index contributed by atoms with van der Waals surface area (Å²) in [6, 6.07) is 22.5. The van der Waals surface area contributed by atoms with Crippen molar-refractivity contribution in [3.8, 4) is 0 Å². The summed E-state index contributed by atoms with van der Waals surface area (Å²) < 4.78 is 26.9. The lowest BCUT2D eigenvalue weighted by molar-refractivity contribution is -0.141. The molecule has 3 aromatic carbocycles. The first-order valence-corrected chi connectivity index (χ1v) is 16.1. The van der Waals surface area contributed by atoms with Gasteiger partial charge in [-0.25, -0.2) is 8.42 Å². The Morgan fingerprint density at radius 3 is 2.20 bits per heavy atom. The average molecular weight is 578 g/mol. The number of carbonyl (C=O) groups is 2. The van der Waals surface area contributed by atoms with E-state index in [2.05, 4.69) is 5.32 Å². The number of sulfonamides is 1. The minimum absolute atomic E-state index is 0.106. The van der Waals surface area contributed by atoms with Gasteiger partial charge in [0.1, 0.15) is 6.04 Å². The van der Waals surface area contributed by atoms with Gasteiger partial charge in [0.05, 0.1) is 11.9 Å². The Morgan fingerprint density at radius 2 is 1.56 bits per heavy atom. The van der Waals surface area contributed by atoms with Crippen LogP contribution in [-0.4, -0.2) is 50.5 Å². The highest BCUT2D eigenvalue weighted by Gasteiger charge is 2.30. The molecule has 8 heteroatoms. The number of rotatable bonds is 14. The van der Waals surface area contributed by atoms with E-state index in [0.717, 1.165) is 34.2 Å². The number of anilines is 1. The summed E-state index contributed by atoms with van der Waals surface area (Å²) in [7, 11) is -3.56. The number of hydrogen-bond acceptors (Lipinski definition) is 4. The molecule has 0 saturated heterocycles. The Balaban J connectivity index is 1.88. The van der Waals surface area contributed by atoms with Crippen molar-refractivity contribution >= 4 is 27.5 Å². The second-order valence-electron chi connectivity index (χ2n) is 10.7. The number of hydrogen-bond donors (Lipinski definition) is 1. The zero-order valence-corrected chi connectivity index (χ0v) is 25.7. The van der Waals surface area contributed by atoms with Crippen LogP contribution in [-0.2, 0) is 32.6 Å². The monoisotopic (exact) mass is 577 g/mol. The Kier molecular flexibility index (Phi) is 11.5. The molecule has 0 aromatic heterocycles. The lowest BCUT2D eigenvalue weighted by Crippen LogP contribution is -2.50. The van der Waals surface area contributed by atoms with Crippen molar-refractivity contribution in [3.05, 3.63) is 101 Å². The fourth-order valence-electron chi connectivity index (χ4n) is 4.80. The van der Waals surface area contributed by atoms with E-state index >= 15 is 0 Å². The molecule has 2 amide bonds. The first-order chi connectivity index (χ1) is 19.5. The van der Waals surface area contributed by atoms with Gasteiger partial charge in [-0.1, -0.05) is 79.2 Å². The Morgan fingerprint density at radius 1 is 0.878 bits per heavy atom. The molecule has 1 unspecified atom stereocenters. The molecule has 0 fully saturated rings. The topological polar surface area (TPSA) is 86.8 Å². The molecule has 220 valence electrons. The molecule has 1 atom stereocenters. The molecule has 7 nitrogen and oxygen atoms in total. The molecule has 0 aliphatic carbocycles. The van der Waals surface area contributed by atoms with Crippen molar-refractivity contribution in [1.82, 2.24) is 10.2 Å². The average Bonchev–Trinajstić information content (AvgIpc) is 2.94. The molecule has 0 bridgehead atoms. The van der Waals surface area contributed by atoms with Gasteiger partial charge in [-0.3, -0.25) is 13.9 Å². The molecule has 0 radical (unpaired) electrons. The molecule has 3 aromatic rings. The van der Waals surface area contributed by atoms with Gasteiger partial charge in [0.2, 0.25) is 21.8 Å². The van der Waals surface area contributed by atoms with Gasteiger partial charge in [0.25, 0.3) is 0 Å². The third kappa shape index (κ3) is 9.18. The van der Waals surface area contributed by atoms with Gasteiger partial charge in [0, 0.05) is 32.5 Å². The summed E-state index contributed by atoms with van der Waals surface area (Å²) in [5.74, 6) is -0.378. The van der Waals surface area contributed by atoms with Crippen molar-refractivity contribution in [3.63, 3.8) is 0 Å². The number of benzene rings is 3. The van der Waals surface area contributed by atoms with Crippen molar-refractivity contribution in [2.24, 2.45) is 0 Å². The van der Waals surface area contributed by atoms with E-state index in [1.54, 1.807) is 11.0 Å². The smallest absolute Gasteiger partial charge is 0.243 e. The number of nitrogens with one attached hydrogen (secondary N) is 1. The molecular formula is C33H43N3O4S. The first-order valence-electron chi connectivity index (χ1n) is 14.2. The summed E-state index contributed by atoms with van der Waals surface area (Å²) >= 11 is 0. The number of amides is 2. The Bertz CT molecular complexity index is 1410. The summed E-state index contributed by atoms with van der Waals surface area (Å²) in [4.78, 5) is 29.0. The van der Waals surface area contributed by atoms with Crippen LogP contribution in [0.15, 0.2) is 72.8 Å². The number of aryl methyl sites for hydroxylation is 2. The number of nitrogens with zero attached hydrogens (tertiary/aromatic N) is 2. The molecule has 0 aliphatic heterocycles. The van der Waals surface area contributed by atoms with Crippen molar-refractivity contribution in [2.45, 2.75) is 66.0 Å². The molecule has 41 heavy (non-hydrogen) atoms. The van der Waals surface area contributed by atoms with E-state index in [9.17, 15) is 18.0 Å². The predicted octanol–water partition coefficient (Wildman–Crippen LogP) is 5.32. The Hall–Kier alpha value is -3.65. The second kappa shape index (κ2) is 14.8. The molecule has 0 heterocycles. The van der Waals surface area contributed by atoms with Crippen LogP contribution >= 0.6 is 0 Å². The van der Waals surface area contributed by atoms with E-state index < -0.39 is 16.1 Å². The fourth-order valence-corrected chi connectivity index (χ4v) is 5.81. The fraction of sp³-hybridized carbons (Fsp3) is 0.394. The molecule has 1 N–H and O–H groups in total. The predicted molar refractivity (Wildman–Crippen MR) is 166 cm³/mol. The van der Waals surface area contributed by atoms with Crippen molar-refractivity contribution in [1.29, 1.82) is 0 Å². The standard InChI is InChI=1S/C33H43N3O4S/c1-6-21-34-33(38)31(23-28-13-8-7-9-14-28)35(24-29-19-17-25(2)18-20-29)32(37)16-11-22-36(41(5,39)40)30-15-10-12-26(3)27(30)4/h7-10,12-15,17-20,31H,6,11,16,21-24H2,1-5H3,(H,34,38). The largest absolute Gasteiger partial charge is 0.354 e. The third-order valence-corrected chi connectivity index (χ3v) is 8.47. The van der Waals surface area contributed by atoms with E-state index in [1.165, 1.54) is 10.6 Å². The maximum Gasteiger partial charge on any atom is 0.243 e. The maximum absolute atomic E-state index is 13.9. The van der Waals surface area contributed by atoms with Crippen LogP contribution < -0.4 is 9.62 Å². The van der Waals surface area contributed by atoms with Crippen LogP contribution in [0.25, 0.3) is 0 Å². The summed E-state index contributed by atoms with van der Waals surface area (Å²) in [6.07, 6.45) is 2.78. The minimum atomic E-state index is -3.56. The van der Waals surface area contributed by atoms with Crippen molar-refractivity contribution < 1.29 is 18.0 Å². The quantitative estimate of drug-likeness (QED) is 0.281. The Labute approximate surface area is 245 Å². The second-order valence-corrected chi connectivity index (χ2v) is 12.6. The summed E-state index contributed by atoms with van der Waals surface area (Å²) in [5, 5.41) is 2.99. The van der Waals surface area contributed by atoms with Gasteiger partial charge in [-0.05, 0) is 61.9 Å². The first kappa shape index (κ1) is 31.9. The van der Waals surface area contributed by atoms with Crippen LogP contribution in [0.4, 0.5) is 5.69 Å². The minimum Gasteiger partial charge on any atom is -0.354 e. The SMILES string of the molecule is CCCNC(=O)C(Cc1ccccc1)N(Cc1ccc(C)cc1)C(=O)CCCN(c1cccc(C)c1C)S(C)(=O)=O. The zero-order chi connectivity index (χ0) is 30.0. The molecular weight excluding hydrogens is 534 g/mol.